The first-order chi connectivity index (χ1) is 18.8. The summed E-state index contributed by atoms with van der Waals surface area (Å²) in [5.74, 6) is -8.47. The fourth-order valence-electron chi connectivity index (χ4n) is 4.27. The van der Waals surface area contributed by atoms with E-state index in [1.807, 2.05) is 0 Å². The van der Waals surface area contributed by atoms with Crippen LogP contribution in [-0.2, 0) is 15.9 Å². The number of fused-ring (bicyclic) bond motifs is 1. The van der Waals surface area contributed by atoms with Gasteiger partial charge in [0.2, 0.25) is 21.8 Å². The number of hydrogen-bond acceptors (Lipinski definition) is 7. The largest absolute Gasteiger partial charge is 0.331 e. The molecular formula is C24H25F5N8O2S. The van der Waals surface area contributed by atoms with E-state index in [4.69, 9.17) is 0 Å². The number of piperidine rings is 1. The van der Waals surface area contributed by atoms with Crippen LogP contribution in [0.1, 0.15) is 29.9 Å². The average molecular weight is 585 g/mol. The van der Waals surface area contributed by atoms with Crippen LogP contribution in [0.4, 0.5) is 39.5 Å². The molecule has 1 aliphatic heterocycles. The average Bonchev–Trinajstić information content (AvgIpc) is 3.49. The molecule has 4 heterocycles. The summed E-state index contributed by atoms with van der Waals surface area (Å²) in [6.45, 7) is 1.91. The Morgan fingerprint density at radius 2 is 1.77 bits per heavy atom. The Morgan fingerprint density at radius 3 is 2.42 bits per heavy atom. The molecule has 1 fully saturated rings. The number of H-pyrrole nitrogens is 1. The molecule has 0 aliphatic carbocycles. The minimum absolute atomic E-state index is 0.0356. The third-order valence-electron chi connectivity index (χ3n) is 6.46. The van der Waals surface area contributed by atoms with Crippen molar-refractivity contribution in [2.45, 2.75) is 31.6 Å². The molecule has 3 aromatic heterocycles. The molecule has 0 atom stereocenters. The smallest absolute Gasteiger partial charge is 0.308 e. The minimum atomic E-state index is -3.98. The van der Waals surface area contributed by atoms with Gasteiger partial charge in [-0.15, -0.1) is 0 Å². The van der Waals surface area contributed by atoms with Crippen LogP contribution in [0.15, 0.2) is 42.5 Å². The van der Waals surface area contributed by atoms with Crippen molar-refractivity contribution in [2.24, 2.45) is 0 Å². The Balaban J connectivity index is 1.46. The van der Waals surface area contributed by atoms with Crippen LogP contribution in [0, 0.1) is 12.7 Å². The summed E-state index contributed by atoms with van der Waals surface area (Å²) in [6, 6.07) is 7.89. The maximum atomic E-state index is 15.4. The molecule has 5 rings (SSSR count). The van der Waals surface area contributed by atoms with Crippen LogP contribution in [0.3, 0.4) is 0 Å². The zero-order valence-corrected chi connectivity index (χ0v) is 22.0. The summed E-state index contributed by atoms with van der Waals surface area (Å²) in [5.41, 5.74) is 0.0638. The molecule has 1 aromatic carbocycles. The molecule has 214 valence electrons. The lowest BCUT2D eigenvalue weighted by atomic mass is 10.1. The van der Waals surface area contributed by atoms with Crippen LogP contribution < -0.4 is 10.0 Å². The molecule has 1 saturated heterocycles. The molecule has 0 radical (unpaired) electrons. The van der Waals surface area contributed by atoms with E-state index in [9.17, 15) is 21.6 Å². The number of anilines is 3. The number of aryl methyl sites for hydroxylation is 1. The molecule has 0 bridgehead atoms. The number of sulfonamides is 1. The van der Waals surface area contributed by atoms with E-state index in [-0.39, 0.29) is 61.5 Å². The molecule has 1 aliphatic rings. The number of likely N-dealkylation sites (tertiary alicyclic amines) is 1. The van der Waals surface area contributed by atoms with Gasteiger partial charge in [0.25, 0.3) is 5.92 Å². The van der Waals surface area contributed by atoms with E-state index in [1.54, 1.807) is 17.9 Å². The number of benzene rings is 1. The number of nitrogens with one attached hydrogen (secondary N) is 3. The molecule has 0 unspecified atom stereocenters. The van der Waals surface area contributed by atoms with Gasteiger partial charge in [-0.1, -0.05) is 0 Å². The van der Waals surface area contributed by atoms with Gasteiger partial charge in [0.05, 0.1) is 5.75 Å². The van der Waals surface area contributed by atoms with E-state index in [2.05, 4.69) is 30.2 Å². The quantitative estimate of drug-likeness (QED) is 0.252. The van der Waals surface area contributed by atoms with E-state index in [0.29, 0.717) is 5.69 Å². The highest BCUT2D eigenvalue weighted by molar-refractivity contribution is 7.92. The maximum Gasteiger partial charge on any atom is 0.331 e. The fourth-order valence-corrected chi connectivity index (χ4v) is 5.35. The zero-order chi connectivity index (χ0) is 28.7. The number of alkyl halides is 4. The molecule has 16 heteroatoms. The molecular weight excluding hydrogens is 559 g/mol. The zero-order valence-electron chi connectivity index (χ0n) is 21.1. The SMILES string of the molecule is Cc1cc(Nc2nc(C(F)(F)c3ccc(F)cc3)nc3ccc(NS(=O)(=O)CCN4CCC(F)(F)CC4)n23)n[nH]1. The van der Waals surface area contributed by atoms with Crippen LogP contribution in [-0.4, -0.2) is 69.2 Å². The Bertz CT molecular complexity index is 1610. The predicted molar refractivity (Wildman–Crippen MR) is 137 cm³/mol. The first-order valence-corrected chi connectivity index (χ1v) is 13.9. The van der Waals surface area contributed by atoms with Gasteiger partial charge in [-0.3, -0.25) is 9.82 Å². The molecule has 40 heavy (non-hydrogen) atoms. The van der Waals surface area contributed by atoms with E-state index in [0.717, 1.165) is 24.3 Å². The van der Waals surface area contributed by atoms with E-state index >= 15 is 8.78 Å². The van der Waals surface area contributed by atoms with Crippen molar-refractivity contribution in [3.05, 3.63) is 65.4 Å². The summed E-state index contributed by atoms with van der Waals surface area (Å²) in [5, 5.41) is 9.53. The lowest BCUT2D eigenvalue weighted by Gasteiger charge is -2.31. The number of hydrogen-bond donors (Lipinski definition) is 3. The van der Waals surface area contributed by atoms with Crippen molar-refractivity contribution < 1.29 is 30.4 Å². The topological polar surface area (TPSA) is 120 Å². The third-order valence-corrected chi connectivity index (χ3v) is 7.70. The summed E-state index contributed by atoms with van der Waals surface area (Å²) in [6.07, 6.45) is -0.679. The summed E-state index contributed by atoms with van der Waals surface area (Å²) in [7, 11) is -3.98. The fraction of sp³-hybridized carbons (Fsp3) is 0.375. The Morgan fingerprint density at radius 1 is 1.07 bits per heavy atom. The Kier molecular flexibility index (Phi) is 7.16. The van der Waals surface area contributed by atoms with Crippen molar-refractivity contribution >= 4 is 33.3 Å². The predicted octanol–water partition coefficient (Wildman–Crippen LogP) is 4.26. The lowest BCUT2D eigenvalue weighted by Crippen LogP contribution is -2.41. The number of nitrogens with zero attached hydrogens (tertiary/aromatic N) is 5. The monoisotopic (exact) mass is 584 g/mol. The number of rotatable bonds is 9. The van der Waals surface area contributed by atoms with Crippen molar-refractivity contribution in [1.29, 1.82) is 0 Å². The minimum Gasteiger partial charge on any atom is -0.308 e. The lowest BCUT2D eigenvalue weighted by molar-refractivity contribution is -0.0539. The standard InChI is InChI=1S/C24H25F5N8O2S/c1-15-14-18(34-33-15)30-22-32-21(24(28,29)16-2-4-17(25)5-3-16)31-19-6-7-20(37(19)22)35-40(38,39)13-12-36-10-8-23(26,27)9-11-36/h2-7,14,35H,8-13H2,1H3,(H2,30,31,32,33,34). The summed E-state index contributed by atoms with van der Waals surface area (Å²) >= 11 is 0. The van der Waals surface area contributed by atoms with Crippen LogP contribution in [0.25, 0.3) is 5.65 Å². The van der Waals surface area contributed by atoms with Gasteiger partial charge < -0.3 is 10.2 Å². The third kappa shape index (κ3) is 6.01. The van der Waals surface area contributed by atoms with Gasteiger partial charge >= 0.3 is 5.92 Å². The van der Waals surface area contributed by atoms with Gasteiger partial charge in [0.15, 0.2) is 5.82 Å². The first kappa shape index (κ1) is 27.8. The first-order valence-electron chi connectivity index (χ1n) is 12.2. The van der Waals surface area contributed by atoms with Gasteiger partial charge in [-0.05, 0) is 43.3 Å². The number of aromatic amines is 1. The van der Waals surface area contributed by atoms with Crippen molar-refractivity contribution in [3.63, 3.8) is 0 Å². The molecule has 10 nitrogen and oxygen atoms in total. The maximum absolute atomic E-state index is 15.4. The Labute approximate surface area is 225 Å². The van der Waals surface area contributed by atoms with Gasteiger partial charge in [0, 0.05) is 49.8 Å². The van der Waals surface area contributed by atoms with Crippen LogP contribution in [0.5, 0.6) is 0 Å². The van der Waals surface area contributed by atoms with E-state index in [1.165, 1.54) is 16.5 Å². The summed E-state index contributed by atoms with van der Waals surface area (Å²) < 4.78 is 100. The van der Waals surface area contributed by atoms with Crippen molar-refractivity contribution in [3.8, 4) is 0 Å². The van der Waals surface area contributed by atoms with E-state index < -0.39 is 39.1 Å². The normalized spacial score (nSPS) is 16.4. The van der Waals surface area contributed by atoms with Crippen LogP contribution in [0.2, 0.25) is 0 Å². The summed E-state index contributed by atoms with van der Waals surface area (Å²) in [4.78, 5) is 9.61. The Hall–Kier alpha value is -3.79. The van der Waals surface area contributed by atoms with Crippen LogP contribution >= 0.6 is 0 Å². The van der Waals surface area contributed by atoms with Crippen molar-refractivity contribution in [1.82, 2.24) is 29.5 Å². The van der Waals surface area contributed by atoms with Crippen molar-refractivity contribution in [2.75, 3.05) is 35.4 Å². The van der Waals surface area contributed by atoms with Gasteiger partial charge in [0.1, 0.15) is 17.3 Å². The molecule has 3 N–H and O–H groups in total. The highest BCUT2D eigenvalue weighted by atomic mass is 32.2. The number of halogens is 5. The number of aromatic nitrogens is 5. The molecule has 0 spiro atoms. The van der Waals surface area contributed by atoms with Gasteiger partial charge in [-0.2, -0.15) is 18.9 Å². The highest BCUT2D eigenvalue weighted by Gasteiger charge is 2.39. The molecule has 0 amide bonds. The second-order valence-electron chi connectivity index (χ2n) is 9.54. The van der Waals surface area contributed by atoms with Gasteiger partial charge in [-0.25, -0.2) is 31.0 Å². The molecule has 0 saturated carbocycles. The second kappa shape index (κ2) is 10.3. The molecule has 4 aromatic rings. The highest BCUT2D eigenvalue weighted by Crippen LogP contribution is 2.35. The second-order valence-corrected chi connectivity index (χ2v) is 11.4.